The van der Waals surface area contributed by atoms with Crippen molar-refractivity contribution >= 4 is 21.8 Å². The Bertz CT molecular complexity index is 1230. The van der Waals surface area contributed by atoms with Gasteiger partial charge in [-0.1, -0.05) is 12.1 Å². The van der Waals surface area contributed by atoms with Gasteiger partial charge in [-0.15, -0.1) is 0 Å². The van der Waals surface area contributed by atoms with Gasteiger partial charge in [0.05, 0.1) is 10.8 Å². The normalized spacial score (nSPS) is 18.5. The summed E-state index contributed by atoms with van der Waals surface area (Å²) in [5, 5.41) is 0. The summed E-state index contributed by atoms with van der Waals surface area (Å²) in [6.45, 7) is 0.915. The molecule has 1 saturated heterocycles. The predicted octanol–water partition coefficient (Wildman–Crippen LogP) is 3.16. The number of piperidine rings is 1. The molecule has 0 atom stereocenters. The first kappa shape index (κ1) is 23.8. The molecule has 1 fully saturated rings. The van der Waals surface area contributed by atoms with Crippen molar-refractivity contribution in [2.45, 2.75) is 43.4 Å². The third-order valence-corrected chi connectivity index (χ3v) is 8.85. The zero-order chi connectivity index (χ0) is 24.4. The first-order chi connectivity index (χ1) is 16.9. The van der Waals surface area contributed by atoms with Gasteiger partial charge in [0.2, 0.25) is 10.0 Å². The lowest BCUT2D eigenvalue weighted by atomic mass is 9.90. The van der Waals surface area contributed by atoms with Gasteiger partial charge >= 0.3 is 5.97 Å². The van der Waals surface area contributed by atoms with Gasteiger partial charge < -0.3 is 14.2 Å². The van der Waals surface area contributed by atoms with Crippen LogP contribution in [0.15, 0.2) is 41.3 Å². The topological polar surface area (TPSA) is 99.2 Å². The molecule has 8 nitrogen and oxygen atoms in total. The number of carbonyl (C=O) groups is 2. The van der Waals surface area contributed by atoms with Crippen molar-refractivity contribution in [1.82, 2.24) is 4.31 Å². The molecule has 0 aromatic heterocycles. The van der Waals surface area contributed by atoms with Crippen molar-refractivity contribution in [2.75, 3.05) is 32.9 Å². The fourth-order valence-electron chi connectivity index (χ4n) is 4.91. The Kier molecular flexibility index (Phi) is 6.80. The van der Waals surface area contributed by atoms with Gasteiger partial charge in [0.25, 0.3) is 0 Å². The van der Waals surface area contributed by atoms with E-state index < -0.39 is 21.9 Å². The van der Waals surface area contributed by atoms with E-state index in [-0.39, 0.29) is 30.4 Å². The molecule has 2 aromatic rings. The average molecular weight is 500 g/mol. The van der Waals surface area contributed by atoms with E-state index >= 15 is 0 Å². The standard InChI is InChI=1S/C26H29NO7S/c28-23(21-6-5-18-3-1-2-4-20(18)15-21)17-34-26(29)19-9-11-27(12-10-19)35(30,31)22-7-8-24-25(16-22)33-14-13-32-24/h5-8,15-16,19H,1-4,9-14,17H2. The number of nitrogens with zero attached hydrogens (tertiary/aromatic N) is 1. The summed E-state index contributed by atoms with van der Waals surface area (Å²) in [4.78, 5) is 25.3. The van der Waals surface area contributed by atoms with Crippen molar-refractivity contribution in [3.05, 3.63) is 53.1 Å². The molecule has 0 spiro atoms. The number of Topliss-reactive ketones (excluding diaryl/α,β-unsaturated/α-hetero) is 1. The second kappa shape index (κ2) is 9.99. The van der Waals surface area contributed by atoms with Gasteiger partial charge in [-0.3, -0.25) is 9.59 Å². The molecular weight excluding hydrogens is 470 g/mol. The smallest absolute Gasteiger partial charge is 0.309 e. The van der Waals surface area contributed by atoms with Crippen molar-refractivity contribution in [2.24, 2.45) is 5.92 Å². The van der Waals surface area contributed by atoms with E-state index in [4.69, 9.17) is 14.2 Å². The molecule has 0 N–H and O–H groups in total. The number of fused-ring (bicyclic) bond motifs is 2. The first-order valence-electron chi connectivity index (χ1n) is 12.1. The molecule has 5 rings (SSSR count). The molecule has 0 unspecified atom stereocenters. The fraction of sp³-hybridized carbons (Fsp3) is 0.462. The molecule has 0 bridgehead atoms. The Morgan fingerprint density at radius 3 is 2.40 bits per heavy atom. The lowest BCUT2D eigenvalue weighted by Crippen LogP contribution is -2.40. The van der Waals surface area contributed by atoms with E-state index in [0.717, 1.165) is 19.3 Å². The molecule has 0 saturated carbocycles. The highest BCUT2D eigenvalue weighted by Crippen LogP contribution is 2.34. The Hall–Kier alpha value is -2.91. The van der Waals surface area contributed by atoms with Crippen LogP contribution in [0.1, 0.15) is 47.2 Å². The van der Waals surface area contributed by atoms with E-state index in [2.05, 4.69) is 0 Å². The summed E-state index contributed by atoms with van der Waals surface area (Å²) in [6.07, 6.45) is 5.01. The van der Waals surface area contributed by atoms with Gasteiger partial charge in [0, 0.05) is 24.7 Å². The number of hydrogen-bond donors (Lipinski definition) is 0. The van der Waals surface area contributed by atoms with Crippen LogP contribution in [0.5, 0.6) is 11.5 Å². The summed E-state index contributed by atoms with van der Waals surface area (Å²) in [7, 11) is -3.72. The zero-order valence-electron chi connectivity index (χ0n) is 19.5. The van der Waals surface area contributed by atoms with E-state index in [1.807, 2.05) is 18.2 Å². The second-order valence-electron chi connectivity index (χ2n) is 9.21. The maximum atomic E-state index is 13.1. The molecule has 2 aliphatic heterocycles. The molecule has 0 radical (unpaired) electrons. The van der Waals surface area contributed by atoms with Crippen molar-refractivity contribution in [3.63, 3.8) is 0 Å². The van der Waals surface area contributed by atoms with Gasteiger partial charge in [-0.05, 0) is 67.9 Å². The number of aryl methyl sites for hydroxylation is 2. The predicted molar refractivity (Wildman–Crippen MR) is 127 cm³/mol. The average Bonchev–Trinajstić information content (AvgIpc) is 2.91. The number of hydrogen-bond acceptors (Lipinski definition) is 7. The van der Waals surface area contributed by atoms with Crippen LogP contribution >= 0.6 is 0 Å². The second-order valence-corrected chi connectivity index (χ2v) is 11.1. The van der Waals surface area contributed by atoms with Crippen LogP contribution in [0.2, 0.25) is 0 Å². The molecule has 0 amide bonds. The minimum atomic E-state index is -3.72. The molecule has 3 aliphatic rings. The van der Waals surface area contributed by atoms with Crippen molar-refractivity contribution < 1.29 is 32.2 Å². The highest BCUT2D eigenvalue weighted by atomic mass is 32.2. The number of ether oxygens (including phenoxy) is 3. The molecular formula is C26H29NO7S. The number of benzene rings is 2. The van der Waals surface area contributed by atoms with Crippen LogP contribution in [0.25, 0.3) is 0 Å². The largest absolute Gasteiger partial charge is 0.486 e. The summed E-state index contributed by atoms with van der Waals surface area (Å²) >= 11 is 0. The Balaban J connectivity index is 1.14. The number of rotatable bonds is 6. The van der Waals surface area contributed by atoms with Gasteiger partial charge in [-0.25, -0.2) is 8.42 Å². The van der Waals surface area contributed by atoms with Crippen molar-refractivity contribution in [1.29, 1.82) is 0 Å². The number of carbonyl (C=O) groups excluding carboxylic acids is 2. The monoisotopic (exact) mass is 499 g/mol. The maximum absolute atomic E-state index is 13.1. The van der Waals surface area contributed by atoms with Crippen LogP contribution < -0.4 is 9.47 Å². The summed E-state index contributed by atoms with van der Waals surface area (Å²) in [6, 6.07) is 10.3. The van der Waals surface area contributed by atoms with Crippen LogP contribution in [0, 0.1) is 5.92 Å². The van der Waals surface area contributed by atoms with Crippen LogP contribution in [-0.2, 0) is 32.4 Å². The fourth-order valence-corrected chi connectivity index (χ4v) is 6.40. The van der Waals surface area contributed by atoms with Crippen LogP contribution in [0.3, 0.4) is 0 Å². The molecule has 2 heterocycles. The third kappa shape index (κ3) is 5.06. The first-order valence-corrected chi connectivity index (χ1v) is 13.6. The summed E-state index contributed by atoms with van der Waals surface area (Å²) in [5.74, 6) is -0.156. The number of esters is 1. The highest BCUT2D eigenvalue weighted by Gasteiger charge is 2.33. The van der Waals surface area contributed by atoms with Crippen LogP contribution in [0.4, 0.5) is 0 Å². The van der Waals surface area contributed by atoms with Gasteiger partial charge in [0.15, 0.2) is 23.9 Å². The van der Waals surface area contributed by atoms with E-state index in [1.165, 1.54) is 34.0 Å². The molecule has 186 valence electrons. The molecule has 1 aliphatic carbocycles. The lowest BCUT2D eigenvalue weighted by Gasteiger charge is -2.30. The Morgan fingerprint density at radius 1 is 0.914 bits per heavy atom. The van der Waals surface area contributed by atoms with Crippen LogP contribution in [-0.4, -0.2) is 57.4 Å². The van der Waals surface area contributed by atoms with Gasteiger partial charge in [0.1, 0.15) is 13.2 Å². The summed E-state index contributed by atoms with van der Waals surface area (Å²) < 4.78 is 43.8. The third-order valence-electron chi connectivity index (χ3n) is 6.95. The molecule has 2 aromatic carbocycles. The maximum Gasteiger partial charge on any atom is 0.309 e. The van der Waals surface area contributed by atoms with Gasteiger partial charge in [-0.2, -0.15) is 4.31 Å². The van der Waals surface area contributed by atoms with E-state index in [1.54, 1.807) is 6.07 Å². The van der Waals surface area contributed by atoms with E-state index in [0.29, 0.717) is 43.1 Å². The highest BCUT2D eigenvalue weighted by molar-refractivity contribution is 7.89. The van der Waals surface area contributed by atoms with Crippen molar-refractivity contribution in [3.8, 4) is 11.5 Å². The quantitative estimate of drug-likeness (QED) is 0.445. The number of ketones is 1. The molecule has 9 heteroatoms. The minimum absolute atomic E-state index is 0.137. The minimum Gasteiger partial charge on any atom is -0.486 e. The summed E-state index contributed by atoms with van der Waals surface area (Å²) in [5.41, 5.74) is 3.07. The SMILES string of the molecule is O=C(COC(=O)C1CCN(S(=O)(=O)c2ccc3c(c2)OCCO3)CC1)c1ccc2c(c1)CCCC2. The number of sulfonamides is 1. The zero-order valence-corrected chi connectivity index (χ0v) is 20.3. The lowest BCUT2D eigenvalue weighted by molar-refractivity contribution is -0.148. The molecule has 35 heavy (non-hydrogen) atoms. The Labute approximate surface area is 205 Å². The van der Waals surface area contributed by atoms with E-state index in [9.17, 15) is 18.0 Å². The Morgan fingerprint density at radius 2 is 1.63 bits per heavy atom.